The molecule has 2 amide bonds. The smallest absolute Gasteiger partial charge is 0.411 e. The number of β-lactam (4-membered cyclic amide) rings is 1. The van der Waals surface area contributed by atoms with E-state index in [2.05, 4.69) is 33.9 Å². The number of hydrogen-bond acceptors (Lipinski definition) is 4. The zero-order chi connectivity index (χ0) is 25.5. The fourth-order valence-corrected chi connectivity index (χ4v) is 6.43. The maximum atomic E-state index is 13.8. The van der Waals surface area contributed by atoms with Gasteiger partial charge < -0.3 is 14.1 Å². The predicted octanol–water partition coefficient (Wildman–Crippen LogP) is 5.93. The van der Waals surface area contributed by atoms with E-state index in [-0.39, 0.29) is 41.8 Å². The van der Waals surface area contributed by atoms with Crippen LogP contribution in [0.4, 0.5) is 4.79 Å². The van der Waals surface area contributed by atoms with Crippen LogP contribution in [0.3, 0.4) is 0 Å². The number of rotatable bonds is 7. The van der Waals surface area contributed by atoms with E-state index in [1.165, 1.54) is 0 Å². The van der Waals surface area contributed by atoms with Gasteiger partial charge in [0.05, 0.1) is 24.2 Å². The Morgan fingerprint density at radius 1 is 0.971 bits per heavy atom. The van der Waals surface area contributed by atoms with E-state index >= 15 is 0 Å². The predicted molar refractivity (Wildman–Crippen MR) is 139 cm³/mol. The Kier molecular flexibility index (Phi) is 6.86. The molecule has 0 N–H and O–H groups in total. The quantitative estimate of drug-likeness (QED) is 0.354. The molecule has 0 spiro atoms. The summed E-state index contributed by atoms with van der Waals surface area (Å²) in [5.41, 5.74) is 2.03. The van der Waals surface area contributed by atoms with Gasteiger partial charge in [0.25, 0.3) is 0 Å². The highest BCUT2D eigenvalue weighted by Gasteiger charge is 2.60. The van der Waals surface area contributed by atoms with E-state index < -0.39 is 20.5 Å². The average molecular weight is 495 g/mol. The van der Waals surface area contributed by atoms with Crippen molar-refractivity contribution in [2.75, 3.05) is 6.61 Å². The number of carbonyl (C=O) groups is 2. The Morgan fingerprint density at radius 3 is 2.11 bits per heavy atom. The SMILES string of the molecule is C[C@H](c1ccccc1)N1C(=O)[C@H](N2C(=O)OC[C@@H]2c2ccccc2)[C@@H]1[C@@H](C)O[Si](C)(C)C(C)(C)C. The molecule has 2 aliphatic heterocycles. The summed E-state index contributed by atoms with van der Waals surface area (Å²) in [5.74, 6) is -0.0585. The van der Waals surface area contributed by atoms with E-state index in [1.54, 1.807) is 4.90 Å². The average Bonchev–Trinajstić information content (AvgIpc) is 3.18. The van der Waals surface area contributed by atoms with Crippen molar-refractivity contribution in [2.45, 2.75) is 83.0 Å². The molecule has 35 heavy (non-hydrogen) atoms. The molecule has 2 aromatic rings. The molecule has 6 nitrogen and oxygen atoms in total. The van der Waals surface area contributed by atoms with Crippen molar-refractivity contribution in [3.63, 3.8) is 0 Å². The van der Waals surface area contributed by atoms with Crippen molar-refractivity contribution in [3.8, 4) is 0 Å². The summed E-state index contributed by atoms with van der Waals surface area (Å²) in [7, 11) is -2.12. The summed E-state index contributed by atoms with van der Waals surface area (Å²) in [6.45, 7) is 15.4. The van der Waals surface area contributed by atoms with Crippen LogP contribution < -0.4 is 0 Å². The minimum absolute atomic E-state index is 0.0273. The monoisotopic (exact) mass is 494 g/mol. The molecule has 0 unspecified atom stereocenters. The minimum Gasteiger partial charge on any atom is -0.447 e. The van der Waals surface area contributed by atoms with Crippen molar-refractivity contribution in [3.05, 3.63) is 71.8 Å². The van der Waals surface area contributed by atoms with Crippen molar-refractivity contribution in [2.24, 2.45) is 0 Å². The second-order valence-corrected chi connectivity index (χ2v) is 16.0. The molecule has 5 atom stereocenters. The molecular formula is C28H38N2O4Si. The van der Waals surface area contributed by atoms with Crippen LogP contribution in [0.2, 0.25) is 18.1 Å². The van der Waals surface area contributed by atoms with Gasteiger partial charge in [-0.3, -0.25) is 9.69 Å². The van der Waals surface area contributed by atoms with Gasteiger partial charge in [0.1, 0.15) is 12.6 Å². The van der Waals surface area contributed by atoms with E-state index in [0.29, 0.717) is 0 Å². The summed E-state index contributed by atoms with van der Waals surface area (Å²) in [6, 6.07) is 18.5. The maximum Gasteiger partial charge on any atom is 0.411 e. The molecule has 2 aliphatic rings. The number of likely N-dealkylation sites (tertiary alicyclic amines) is 1. The number of ether oxygens (including phenoxy) is 1. The van der Waals surface area contributed by atoms with Crippen molar-refractivity contribution < 1.29 is 18.8 Å². The summed E-state index contributed by atoms with van der Waals surface area (Å²) in [5, 5.41) is 0.0273. The first-order valence-electron chi connectivity index (χ1n) is 12.5. The Morgan fingerprint density at radius 2 is 1.54 bits per heavy atom. The number of carbonyl (C=O) groups excluding carboxylic acids is 2. The van der Waals surface area contributed by atoms with Gasteiger partial charge in [-0.15, -0.1) is 0 Å². The fourth-order valence-electron chi connectivity index (χ4n) is 5.01. The summed E-state index contributed by atoms with van der Waals surface area (Å²) in [4.78, 5) is 30.4. The zero-order valence-corrected chi connectivity index (χ0v) is 22.9. The molecule has 7 heteroatoms. The van der Waals surface area contributed by atoms with Crippen molar-refractivity contribution in [1.29, 1.82) is 0 Å². The first-order chi connectivity index (χ1) is 16.4. The van der Waals surface area contributed by atoms with Gasteiger partial charge in [0.15, 0.2) is 8.32 Å². The van der Waals surface area contributed by atoms with Crippen LogP contribution in [-0.2, 0) is 14.0 Å². The summed E-state index contributed by atoms with van der Waals surface area (Å²) in [6.07, 6.45) is -0.677. The second kappa shape index (κ2) is 9.43. The Balaban J connectivity index is 1.70. The Hall–Kier alpha value is -2.64. The van der Waals surface area contributed by atoms with Crippen LogP contribution >= 0.6 is 0 Å². The molecule has 0 saturated carbocycles. The van der Waals surface area contributed by atoms with Gasteiger partial charge in [-0.1, -0.05) is 81.4 Å². The highest BCUT2D eigenvalue weighted by atomic mass is 28.4. The third-order valence-corrected chi connectivity index (χ3v) is 12.6. The second-order valence-electron chi connectivity index (χ2n) is 11.3. The molecule has 2 fully saturated rings. The van der Waals surface area contributed by atoms with Crippen molar-refractivity contribution in [1.82, 2.24) is 9.80 Å². The first-order valence-corrected chi connectivity index (χ1v) is 15.4. The molecule has 0 radical (unpaired) electrons. The summed E-state index contributed by atoms with van der Waals surface area (Å²) < 4.78 is 12.3. The van der Waals surface area contributed by atoms with E-state index in [1.807, 2.05) is 79.4 Å². The van der Waals surface area contributed by atoms with Crippen LogP contribution in [0, 0.1) is 0 Å². The lowest BCUT2D eigenvalue weighted by atomic mass is 9.85. The summed E-state index contributed by atoms with van der Waals surface area (Å²) >= 11 is 0. The van der Waals surface area contributed by atoms with Gasteiger partial charge in [-0.2, -0.15) is 0 Å². The normalized spacial score (nSPS) is 24.7. The minimum atomic E-state index is -2.12. The standard InChI is InChI=1S/C28H38N2O4Si/c1-19(21-14-10-8-11-15-21)29-24(20(2)34-35(6,7)28(3,4)5)25(26(29)31)30-23(18-33-27(30)32)22-16-12-9-13-17-22/h8-17,19-20,23-25H,18H2,1-7H3/t19-,20-,23-,24+,25-/m1/s1. The molecule has 0 bridgehead atoms. The molecule has 2 heterocycles. The van der Waals surface area contributed by atoms with Gasteiger partial charge >= 0.3 is 6.09 Å². The first kappa shape index (κ1) is 25.4. The highest BCUT2D eigenvalue weighted by molar-refractivity contribution is 6.74. The van der Waals surface area contributed by atoms with Gasteiger partial charge in [0, 0.05) is 0 Å². The van der Waals surface area contributed by atoms with Crippen LogP contribution in [0.5, 0.6) is 0 Å². The number of hydrogen-bond donors (Lipinski definition) is 0. The van der Waals surface area contributed by atoms with Crippen LogP contribution in [-0.4, -0.2) is 54.9 Å². The lowest BCUT2D eigenvalue weighted by Crippen LogP contribution is -2.75. The largest absolute Gasteiger partial charge is 0.447 e. The zero-order valence-electron chi connectivity index (χ0n) is 21.9. The maximum absolute atomic E-state index is 13.8. The van der Waals surface area contributed by atoms with Crippen LogP contribution in [0.25, 0.3) is 0 Å². The van der Waals surface area contributed by atoms with E-state index in [4.69, 9.17) is 9.16 Å². The van der Waals surface area contributed by atoms with Crippen molar-refractivity contribution >= 4 is 20.3 Å². The topological polar surface area (TPSA) is 59.1 Å². The number of nitrogens with zero attached hydrogens (tertiary/aromatic N) is 2. The molecular weight excluding hydrogens is 456 g/mol. The number of amides is 2. The molecule has 0 aromatic heterocycles. The molecule has 188 valence electrons. The Bertz CT molecular complexity index is 1050. The fraction of sp³-hybridized carbons (Fsp3) is 0.500. The highest BCUT2D eigenvalue weighted by Crippen LogP contribution is 2.44. The number of benzene rings is 2. The molecule has 4 rings (SSSR count). The molecule has 2 saturated heterocycles. The number of cyclic esters (lactones) is 1. The third-order valence-electron chi connectivity index (χ3n) is 8.01. The van der Waals surface area contributed by atoms with E-state index in [9.17, 15) is 9.59 Å². The Labute approximate surface area is 210 Å². The van der Waals surface area contributed by atoms with Crippen LogP contribution in [0.1, 0.15) is 57.8 Å². The van der Waals surface area contributed by atoms with Gasteiger partial charge in [0.2, 0.25) is 5.91 Å². The third kappa shape index (κ3) is 4.64. The van der Waals surface area contributed by atoms with Crippen LogP contribution in [0.15, 0.2) is 60.7 Å². The lowest BCUT2D eigenvalue weighted by molar-refractivity contribution is -0.170. The van der Waals surface area contributed by atoms with Gasteiger partial charge in [-0.05, 0) is 43.1 Å². The molecule has 0 aliphatic carbocycles. The molecule has 2 aromatic carbocycles. The van der Waals surface area contributed by atoms with E-state index in [0.717, 1.165) is 11.1 Å². The van der Waals surface area contributed by atoms with Gasteiger partial charge in [-0.25, -0.2) is 4.79 Å². The lowest BCUT2D eigenvalue weighted by Gasteiger charge is -2.56.